The van der Waals surface area contributed by atoms with Crippen molar-refractivity contribution in [1.82, 2.24) is 4.90 Å². The Kier molecular flexibility index (Phi) is 6.06. The van der Waals surface area contributed by atoms with Gasteiger partial charge in [0.2, 0.25) is 5.91 Å². The van der Waals surface area contributed by atoms with Crippen LogP contribution in [-0.2, 0) is 14.8 Å². The Morgan fingerprint density at radius 3 is 2.17 bits per heavy atom. The van der Waals surface area contributed by atoms with E-state index in [4.69, 9.17) is 10.8 Å². The molecule has 0 aromatic heterocycles. The topological polar surface area (TPSA) is 147 Å². The van der Waals surface area contributed by atoms with Crippen molar-refractivity contribution in [3.8, 4) is 0 Å². The molecule has 0 atom stereocenters. The number of nitrogens with two attached hydrogens (primary N) is 1. The minimum Gasteiger partial charge on any atom is -0.478 e. The van der Waals surface area contributed by atoms with Crippen LogP contribution in [0.4, 0.5) is 5.69 Å². The van der Waals surface area contributed by atoms with E-state index >= 15 is 0 Å². The normalized spacial score (nSPS) is 14.9. The second kappa shape index (κ2) is 8.54. The van der Waals surface area contributed by atoms with E-state index in [-0.39, 0.29) is 39.4 Å². The molecule has 0 aliphatic carbocycles. The highest BCUT2D eigenvalue weighted by Crippen LogP contribution is 2.24. The Balaban J connectivity index is 1.80. The number of rotatable bonds is 6. The highest BCUT2D eigenvalue weighted by molar-refractivity contribution is 7.92. The highest BCUT2D eigenvalue weighted by atomic mass is 32.2. The molecule has 2 aromatic rings. The van der Waals surface area contributed by atoms with Gasteiger partial charge in [-0.25, -0.2) is 13.2 Å². The number of nitrogens with one attached hydrogen (secondary N) is 1. The molecule has 10 heteroatoms. The number of carbonyl (C=O) groups excluding carboxylic acids is 2. The lowest BCUT2D eigenvalue weighted by molar-refractivity contribution is -0.123. The number of hydrogen-bond donors (Lipinski definition) is 3. The summed E-state index contributed by atoms with van der Waals surface area (Å²) in [5, 5.41) is 8.95. The molecular formula is C20H21N3O6S. The van der Waals surface area contributed by atoms with Gasteiger partial charge in [-0.05, 0) is 49.2 Å². The molecule has 4 N–H and O–H groups in total. The van der Waals surface area contributed by atoms with Gasteiger partial charge in [0.15, 0.2) is 0 Å². The van der Waals surface area contributed by atoms with E-state index in [0.29, 0.717) is 25.9 Å². The van der Waals surface area contributed by atoms with Crippen LogP contribution in [0.5, 0.6) is 0 Å². The first-order valence-electron chi connectivity index (χ1n) is 9.23. The summed E-state index contributed by atoms with van der Waals surface area (Å²) in [7, 11) is -4.04. The average molecular weight is 431 g/mol. The molecule has 30 heavy (non-hydrogen) atoms. The molecule has 1 aliphatic heterocycles. The van der Waals surface area contributed by atoms with Gasteiger partial charge >= 0.3 is 5.97 Å². The number of sulfonamides is 1. The number of anilines is 1. The monoisotopic (exact) mass is 431 g/mol. The van der Waals surface area contributed by atoms with Gasteiger partial charge in [-0.3, -0.25) is 14.3 Å². The SMILES string of the molecule is NC(=O)C1CCN(C(=O)c2ccccc2NS(=O)(=O)c2ccc(C(=O)O)cc2)CC1. The van der Waals surface area contributed by atoms with Crippen LogP contribution < -0.4 is 10.5 Å². The predicted octanol–water partition coefficient (Wildman–Crippen LogP) is 1.52. The van der Waals surface area contributed by atoms with Gasteiger partial charge in [-0.2, -0.15) is 0 Å². The Labute approximate surface area is 173 Å². The molecule has 3 rings (SSSR count). The Hall–Kier alpha value is -3.40. The maximum absolute atomic E-state index is 12.9. The fourth-order valence-corrected chi connectivity index (χ4v) is 4.36. The number of carboxylic acids is 1. The summed E-state index contributed by atoms with van der Waals surface area (Å²) in [6.07, 6.45) is 0.926. The lowest BCUT2D eigenvalue weighted by atomic mass is 9.96. The molecule has 1 heterocycles. The first-order valence-corrected chi connectivity index (χ1v) is 10.7. The van der Waals surface area contributed by atoms with Crippen LogP contribution in [0.1, 0.15) is 33.6 Å². The van der Waals surface area contributed by atoms with Crippen molar-refractivity contribution in [3.63, 3.8) is 0 Å². The summed E-state index contributed by atoms with van der Waals surface area (Å²) in [6, 6.07) is 11.0. The molecule has 2 amide bonds. The van der Waals surface area contributed by atoms with Gasteiger partial charge in [0.05, 0.1) is 21.7 Å². The lowest BCUT2D eigenvalue weighted by Crippen LogP contribution is -2.42. The minimum absolute atomic E-state index is 0.0381. The highest BCUT2D eigenvalue weighted by Gasteiger charge is 2.28. The molecule has 0 unspecified atom stereocenters. The third-order valence-electron chi connectivity index (χ3n) is 5.00. The largest absolute Gasteiger partial charge is 0.478 e. The fraction of sp³-hybridized carbons (Fsp3) is 0.250. The van der Waals surface area contributed by atoms with Crippen LogP contribution >= 0.6 is 0 Å². The molecule has 2 aromatic carbocycles. The molecule has 0 saturated carbocycles. The third kappa shape index (κ3) is 4.60. The molecule has 1 fully saturated rings. The molecular weight excluding hydrogens is 410 g/mol. The van der Waals surface area contributed by atoms with E-state index in [1.54, 1.807) is 17.0 Å². The number of piperidine rings is 1. The van der Waals surface area contributed by atoms with Crippen LogP contribution in [0, 0.1) is 5.92 Å². The quantitative estimate of drug-likeness (QED) is 0.632. The number of likely N-dealkylation sites (tertiary alicyclic amines) is 1. The van der Waals surface area contributed by atoms with Crippen LogP contribution in [0.3, 0.4) is 0 Å². The van der Waals surface area contributed by atoms with Crippen molar-refractivity contribution in [1.29, 1.82) is 0 Å². The molecule has 0 spiro atoms. The number of nitrogens with zero attached hydrogens (tertiary/aromatic N) is 1. The number of amides is 2. The smallest absolute Gasteiger partial charge is 0.335 e. The van der Waals surface area contributed by atoms with Crippen molar-refractivity contribution in [2.75, 3.05) is 17.8 Å². The molecule has 1 saturated heterocycles. The number of carbonyl (C=O) groups is 3. The standard InChI is InChI=1S/C20H21N3O6S/c21-18(24)13-9-11-23(12-10-13)19(25)16-3-1-2-4-17(16)22-30(28,29)15-7-5-14(6-8-15)20(26)27/h1-8,13,22H,9-12H2,(H2,21,24)(H,26,27). The van der Waals surface area contributed by atoms with Crippen molar-refractivity contribution >= 4 is 33.5 Å². The fourth-order valence-electron chi connectivity index (χ4n) is 3.28. The third-order valence-corrected chi connectivity index (χ3v) is 6.38. The maximum atomic E-state index is 12.9. The Morgan fingerprint density at radius 2 is 1.60 bits per heavy atom. The molecule has 1 aliphatic rings. The molecule has 0 bridgehead atoms. The first-order chi connectivity index (χ1) is 14.2. The zero-order valence-corrected chi connectivity index (χ0v) is 16.8. The maximum Gasteiger partial charge on any atom is 0.335 e. The Bertz CT molecular complexity index is 1070. The zero-order valence-electron chi connectivity index (χ0n) is 15.9. The van der Waals surface area contributed by atoms with E-state index in [0.717, 1.165) is 0 Å². The molecule has 0 radical (unpaired) electrons. The number of hydrogen-bond acceptors (Lipinski definition) is 5. The van der Waals surface area contributed by atoms with Crippen LogP contribution in [0.25, 0.3) is 0 Å². The summed E-state index contributed by atoms with van der Waals surface area (Å²) in [4.78, 5) is 36.6. The van der Waals surface area contributed by atoms with Gasteiger partial charge in [-0.1, -0.05) is 12.1 Å². The van der Waals surface area contributed by atoms with Crippen molar-refractivity contribution < 1.29 is 27.9 Å². The first kappa shape index (κ1) is 21.3. The van der Waals surface area contributed by atoms with E-state index < -0.39 is 16.0 Å². The van der Waals surface area contributed by atoms with Gasteiger partial charge in [-0.15, -0.1) is 0 Å². The van der Waals surface area contributed by atoms with Gasteiger partial charge in [0, 0.05) is 19.0 Å². The van der Waals surface area contributed by atoms with E-state index in [9.17, 15) is 22.8 Å². The average Bonchev–Trinajstić information content (AvgIpc) is 2.73. The van der Waals surface area contributed by atoms with Crippen molar-refractivity contribution in [2.45, 2.75) is 17.7 Å². The number of benzene rings is 2. The second-order valence-corrected chi connectivity index (χ2v) is 8.63. The molecule has 9 nitrogen and oxygen atoms in total. The minimum atomic E-state index is -4.04. The summed E-state index contributed by atoms with van der Waals surface area (Å²) >= 11 is 0. The molecule has 158 valence electrons. The van der Waals surface area contributed by atoms with Crippen LogP contribution in [0.15, 0.2) is 53.4 Å². The van der Waals surface area contributed by atoms with Gasteiger partial charge < -0.3 is 15.7 Å². The second-order valence-electron chi connectivity index (χ2n) is 6.95. The lowest BCUT2D eigenvalue weighted by Gasteiger charge is -2.31. The van der Waals surface area contributed by atoms with E-state index in [2.05, 4.69) is 4.72 Å². The van der Waals surface area contributed by atoms with Crippen molar-refractivity contribution in [2.24, 2.45) is 11.7 Å². The Morgan fingerprint density at radius 1 is 1.00 bits per heavy atom. The van der Waals surface area contributed by atoms with Crippen LogP contribution in [0.2, 0.25) is 0 Å². The number of carboxylic acid groups (broad SMARTS) is 1. The summed E-state index contributed by atoms with van der Waals surface area (Å²) in [5.74, 6) is -2.17. The zero-order chi connectivity index (χ0) is 21.9. The van der Waals surface area contributed by atoms with Crippen LogP contribution in [-0.4, -0.2) is 49.3 Å². The number of para-hydroxylation sites is 1. The van der Waals surface area contributed by atoms with E-state index in [1.165, 1.54) is 36.4 Å². The summed E-state index contributed by atoms with van der Waals surface area (Å²) in [5.41, 5.74) is 5.58. The van der Waals surface area contributed by atoms with Gasteiger partial charge in [0.25, 0.3) is 15.9 Å². The summed E-state index contributed by atoms with van der Waals surface area (Å²) < 4.78 is 27.8. The number of aromatic carboxylic acids is 1. The predicted molar refractivity (Wildman–Crippen MR) is 108 cm³/mol. The van der Waals surface area contributed by atoms with Crippen molar-refractivity contribution in [3.05, 3.63) is 59.7 Å². The van der Waals surface area contributed by atoms with E-state index in [1.807, 2.05) is 0 Å². The van der Waals surface area contributed by atoms with Gasteiger partial charge in [0.1, 0.15) is 0 Å². The summed E-state index contributed by atoms with van der Waals surface area (Å²) in [6.45, 7) is 0.703. The number of primary amides is 1.